The van der Waals surface area contributed by atoms with Gasteiger partial charge in [-0.2, -0.15) is 5.10 Å². The normalized spacial score (nSPS) is 13.8. The zero-order chi connectivity index (χ0) is 14.6. The van der Waals surface area contributed by atoms with E-state index in [0.29, 0.717) is 17.9 Å². The van der Waals surface area contributed by atoms with E-state index in [1.807, 2.05) is 11.7 Å². The average Bonchev–Trinajstić information content (AvgIpc) is 2.65. The Morgan fingerprint density at radius 1 is 1.26 bits per heavy atom. The van der Waals surface area contributed by atoms with Gasteiger partial charge in [0.25, 0.3) is 0 Å². The quantitative estimate of drug-likeness (QED) is 0.821. The third-order valence-corrected chi connectivity index (χ3v) is 3.59. The Morgan fingerprint density at radius 2 is 1.89 bits per heavy atom. The van der Waals surface area contributed by atoms with E-state index in [1.54, 1.807) is 0 Å². The summed E-state index contributed by atoms with van der Waals surface area (Å²) in [6.45, 7) is 10.9. The van der Waals surface area contributed by atoms with Gasteiger partial charge < -0.3 is 10.2 Å². The van der Waals surface area contributed by atoms with Crippen molar-refractivity contribution in [2.75, 3.05) is 20.6 Å². The van der Waals surface area contributed by atoms with Crippen molar-refractivity contribution < 1.29 is 0 Å². The molecule has 110 valence electrons. The summed E-state index contributed by atoms with van der Waals surface area (Å²) >= 11 is 0. The Bertz CT molecular complexity index is 371. The van der Waals surface area contributed by atoms with Crippen molar-refractivity contribution in [3.8, 4) is 0 Å². The van der Waals surface area contributed by atoms with Crippen LogP contribution in [0.25, 0.3) is 0 Å². The molecule has 0 saturated carbocycles. The predicted molar refractivity (Wildman–Crippen MR) is 81.3 cm³/mol. The second-order valence-electron chi connectivity index (χ2n) is 6.27. The Balaban J connectivity index is 2.57. The molecule has 1 aromatic rings. The summed E-state index contributed by atoms with van der Waals surface area (Å²) in [5.41, 5.74) is 2.53. The molecule has 0 bridgehead atoms. The lowest BCUT2D eigenvalue weighted by molar-refractivity contribution is 0.224. The van der Waals surface area contributed by atoms with Gasteiger partial charge in [0.15, 0.2) is 0 Å². The molecule has 0 saturated heterocycles. The van der Waals surface area contributed by atoms with Crippen molar-refractivity contribution in [3.05, 3.63) is 17.5 Å². The molecular weight excluding hydrogens is 236 g/mol. The minimum absolute atomic E-state index is 0.479. The van der Waals surface area contributed by atoms with Crippen LogP contribution in [0.15, 0.2) is 6.20 Å². The molecule has 19 heavy (non-hydrogen) atoms. The lowest BCUT2D eigenvalue weighted by Gasteiger charge is -2.28. The zero-order valence-corrected chi connectivity index (χ0v) is 13.6. The summed E-state index contributed by atoms with van der Waals surface area (Å²) in [6, 6.07) is 0.569. The van der Waals surface area contributed by atoms with Crippen LogP contribution in [0.5, 0.6) is 0 Å². The molecule has 1 heterocycles. The van der Waals surface area contributed by atoms with Crippen molar-refractivity contribution >= 4 is 0 Å². The molecule has 0 aliphatic carbocycles. The SMILES string of the molecule is CC(C)c1nn(C)cc1CNCC(C(C)C)N(C)C. The van der Waals surface area contributed by atoms with Gasteiger partial charge in [0.05, 0.1) is 5.69 Å². The molecule has 0 fully saturated rings. The fourth-order valence-electron chi connectivity index (χ4n) is 2.55. The lowest BCUT2D eigenvalue weighted by atomic mass is 10.0. The Labute approximate surface area is 118 Å². The van der Waals surface area contributed by atoms with E-state index in [-0.39, 0.29) is 0 Å². The first-order chi connectivity index (χ1) is 8.82. The maximum absolute atomic E-state index is 4.54. The van der Waals surface area contributed by atoms with Gasteiger partial charge in [0.2, 0.25) is 0 Å². The van der Waals surface area contributed by atoms with Gasteiger partial charge in [-0.15, -0.1) is 0 Å². The molecule has 1 atom stereocenters. The third kappa shape index (κ3) is 4.62. The summed E-state index contributed by atoms with van der Waals surface area (Å²) in [5.74, 6) is 1.13. The van der Waals surface area contributed by atoms with Gasteiger partial charge in [0, 0.05) is 37.9 Å². The molecule has 1 N–H and O–H groups in total. The van der Waals surface area contributed by atoms with Crippen molar-refractivity contribution in [1.82, 2.24) is 20.0 Å². The minimum atomic E-state index is 0.479. The van der Waals surface area contributed by atoms with Crippen molar-refractivity contribution in [2.45, 2.75) is 46.2 Å². The maximum atomic E-state index is 4.54. The van der Waals surface area contributed by atoms with Crippen LogP contribution in [0.4, 0.5) is 0 Å². The second-order valence-corrected chi connectivity index (χ2v) is 6.27. The van der Waals surface area contributed by atoms with E-state index in [9.17, 15) is 0 Å². The van der Waals surface area contributed by atoms with Gasteiger partial charge >= 0.3 is 0 Å². The summed E-state index contributed by atoms with van der Waals surface area (Å²) in [7, 11) is 6.29. The highest BCUT2D eigenvalue weighted by molar-refractivity contribution is 5.19. The van der Waals surface area contributed by atoms with Gasteiger partial charge in [-0.05, 0) is 25.9 Å². The van der Waals surface area contributed by atoms with Gasteiger partial charge in [-0.3, -0.25) is 4.68 Å². The highest BCUT2D eigenvalue weighted by Crippen LogP contribution is 2.17. The van der Waals surface area contributed by atoms with Gasteiger partial charge in [-0.1, -0.05) is 27.7 Å². The van der Waals surface area contributed by atoms with Crippen LogP contribution in [-0.2, 0) is 13.6 Å². The monoisotopic (exact) mass is 266 g/mol. The van der Waals surface area contributed by atoms with Crippen molar-refractivity contribution in [2.24, 2.45) is 13.0 Å². The summed E-state index contributed by atoms with van der Waals surface area (Å²) in [4.78, 5) is 2.30. The number of rotatable bonds is 7. The van der Waals surface area contributed by atoms with Crippen LogP contribution < -0.4 is 5.32 Å². The van der Waals surface area contributed by atoms with E-state index < -0.39 is 0 Å². The fourth-order valence-corrected chi connectivity index (χ4v) is 2.55. The molecule has 0 aromatic carbocycles. The smallest absolute Gasteiger partial charge is 0.0694 e. The molecule has 1 unspecified atom stereocenters. The van der Waals surface area contributed by atoms with Crippen LogP contribution in [0.3, 0.4) is 0 Å². The maximum Gasteiger partial charge on any atom is 0.0694 e. The first kappa shape index (κ1) is 16.2. The first-order valence-corrected chi connectivity index (χ1v) is 7.22. The minimum Gasteiger partial charge on any atom is -0.311 e. The molecule has 0 radical (unpaired) electrons. The summed E-state index contributed by atoms with van der Waals surface area (Å²) < 4.78 is 1.91. The zero-order valence-electron chi connectivity index (χ0n) is 13.6. The molecule has 0 aliphatic rings. The Kier molecular flexibility index (Phi) is 6.01. The number of nitrogens with one attached hydrogen (secondary N) is 1. The van der Waals surface area contributed by atoms with Crippen molar-refractivity contribution in [3.63, 3.8) is 0 Å². The standard InChI is InChI=1S/C15H30N4/c1-11(2)14(18(5)6)9-16-8-13-10-19(7)17-15(13)12(3)4/h10-12,14,16H,8-9H2,1-7H3. The Hall–Kier alpha value is -0.870. The number of aryl methyl sites for hydroxylation is 1. The number of hydrogen-bond donors (Lipinski definition) is 1. The summed E-state index contributed by atoms with van der Waals surface area (Å²) in [6.07, 6.45) is 2.13. The molecule has 0 aliphatic heterocycles. The van der Waals surface area contributed by atoms with Gasteiger partial charge in [0.1, 0.15) is 0 Å². The molecule has 4 heteroatoms. The topological polar surface area (TPSA) is 33.1 Å². The third-order valence-electron chi connectivity index (χ3n) is 3.59. The number of hydrogen-bond acceptors (Lipinski definition) is 3. The Morgan fingerprint density at radius 3 is 2.37 bits per heavy atom. The van der Waals surface area contributed by atoms with Crippen LogP contribution in [-0.4, -0.2) is 41.4 Å². The predicted octanol–water partition coefficient (Wildman–Crippen LogP) is 2.22. The van der Waals surface area contributed by atoms with E-state index in [4.69, 9.17) is 0 Å². The van der Waals surface area contributed by atoms with Gasteiger partial charge in [-0.25, -0.2) is 0 Å². The van der Waals surface area contributed by atoms with Crippen LogP contribution in [0.1, 0.15) is 44.9 Å². The average molecular weight is 266 g/mol. The molecule has 0 spiro atoms. The molecule has 4 nitrogen and oxygen atoms in total. The molecular formula is C15H30N4. The van der Waals surface area contributed by atoms with Crippen molar-refractivity contribution in [1.29, 1.82) is 0 Å². The van der Waals surface area contributed by atoms with E-state index >= 15 is 0 Å². The van der Waals surface area contributed by atoms with E-state index in [1.165, 1.54) is 11.3 Å². The number of likely N-dealkylation sites (N-methyl/N-ethyl adjacent to an activating group) is 1. The van der Waals surface area contributed by atoms with E-state index in [0.717, 1.165) is 13.1 Å². The summed E-state index contributed by atoms with van der Waals surface area (Å²) in [5, 5.41) is 8.12. The molecule has 1 aromatic heterocycles. The van der Waals surface area contributed by atoms with Crippen LogP contribution in [0, 0.1) is 5.92 Å². The second kappa shape index (κ2) is 7.06. The highest BCUT2D eigenvalue weighted by atomic mass is 15.3. The molecule has 1 rings (SSSR count). The fraction of sp³-hybridized carbons (Fsp3) is 0.800. The number of aromatic nitrogens is 2. The highest BCUT2D eigenvalue weighted by Gasteiger charge is 2.16. The lowest BCUT2D eigenvalue weighted by Crippen LogP contribution is -2.41. The molecule has 0 amide bonds. The van der Waals surface area contributed by atoms with Crippen LogP contribution >= 0.6 is 0 Å². The first-order valence-electron chi connectivity index (χ1n) is 7.22. The van der Waals surface area contributed by atoms with E-state index in [2.05, 4.69) is 63.3 Å². The number of nitrogens with zero attached hydrogens (tertiary/aromatic N) is 3. The largest absolute Gasteiger partial charge is 0.311 e. The van der Waals surface area contributed by atoms with Crippen LogP contribution in [0.2, 0.25) is 0 Å².